The third-order valence-corrected chi connectivity index (χ3v) is 4.97. The number of halogens is 2. The van der Waals surface area contributed by atoms with Gasteiger partial charge in [-0.05, 0) is 52.5 Å². The summed E-state index contributed by atoms with van der Waals surface area (Å²) in [5.41, 5.74) is 2.89. The quantitative estimate of drug-likeness (QED) is 0.824. The van der Waals surface area contributed by atoms with Crippen LogP contribution in [0.15, 0.2) is 46.9 Å². The maximum atomic E-state index is 12.4. The molecule has 1 heterocycles. The van der Waals surface area contributed by atoms with Gasteiger partial charge in [0.15, 0.2) is 0 Å². The average molecular weight is 366 g/mol. The zero-order valence-corrected chi connectivity index (χ0v) is 13.5. The van der Waals surface area contributed by atoms with E-state index in [1.165, 1.54) is 5.56 Å². The molecule has 0 aromatic heterocycles. The summed E-state index contributed by atoms with van der Waals surface area (Å²) in [4.78, 5) is 12.4. The standard InChI is InChI=1S/C16H14BrClN2O/c17-15-11(18)5-3-7-13(15)19-14-9-8-10-4-1-2-6-12(10)20-16(14)21/h1-7,14,19H,8-9H2,(H,20,21). The van der Waals surface area contributed by atoms with Crippen LogP contribution in [0.5, 0.6) is 0 Å². The van der Waals surface area contributed by atoms with E-state index in [0.717, 1.165) is 28.7 Å². The highest BCUT2D eigenvalue weighted by Crippen LogP contribution is 2.31. The second-order valence-electron chi connectivity index (χ2n) is 4.98. The number of benzene rings is 2. The Morgan fingerprint density at radius 2 is 2.00 bits per heavy atom. The number of fused-ring (bicyclic) bond motifs is 1. The van der Waals surface area contributed by atoms with Gasteiger partial charge in [-0.25, -0.2) is 0 Å². The molecule has 3 rings (SSSR count). The predicted molar refractivity (Wildman–Crippen MR) is 90.0 cm³/mol. The van der Waals surface area contributed by atoms with Gasteiger partial charge in [-0.2, -0.15) is 0 Å². The first-order valence-corrected chi connectivity index (χ1v) is 7.91. The van der Waals surface area contributed by atoms with Crippen molar-refractivity contribution in [1.29, 1.82) is 0 Å². The highest BCUT2D eigenvalue weighted by Gasteiger charge is 2.23. The minimum Gasteiger partial charge on any atom is -0.373 e. The Labute approximate surface area is 136 Å². The van der Waals surface area contributed by atoms with Crippen molar-refractivity contribution in [1.82, 2.24) is 0 Å². The zero-order chi connectivity index (χ0) is 14.8. The first-order chi connectivity index (χ1) is 10.1. The van der Waals surface area contributed by atoms with E-state index < -0.39 is 0 Å². The van der Waals surface area contributed by atoms with Crippen LogP contribution in [0.25, 0.3) is 0 Å². The fraction of sp³-hybridized carbons (Fsp3) is 0.188. The number of amides is 1. The number of para-hydroxylation sites is 1. The van der Waals surface area contributed by atoms with E-state index in [-0.39, 0.29) is 11.9 Å². The highest BCUT2D eigenvalue weighted by atomic mass is 79.9. The fourth-order valence-corrected chi connectivity index (χ4v) is 3.01. The van der Waals surface area contributed by atoms with Crippen LogP contribution in [-0.2, 0) is 11.2 Å². The molecule has 0 saturated heterocycles. The van der Waals surface area contributed by atoms with Crippen LogP contribution in [-0.4, -0.2) is 11.9 Å². The summed E-state index contributed by atoms with van der Waals surface area (Å²) in [5.74, 6) is -0.0215. The Balaban J connectivity index is 1.82. The van der Waals surface area contributed by atoms with Gasteiger partial charge in [-0.15, -0.1) is 0 Å². The summed E-state index contributed by atoms with van der Waals surface area (Å²) in [5, 5.41) is 6.87. The number of hydrogen-bond acceptors (Lipinski definition) is 2. The van der Waals surface area contributed by atoms with E-state index in [2.05, 4.69) is 26.6 Å². The van der Waals surface area contributed by atoms with Crippen LogP contribution in [0.2, 0.25) is 5.02 Å². The highest BCUT2D eigenvalue weighted by molar-refractivity contribution is 9.10. The van der Waals surface area contributed by atoms with Gasteiger partial charge in [0, 0.05) is 5.69 Å². The fourth-order valence-electron chi connectivity index (χ4n) is 2.45. The lowest BCUT2D eigenvalue weighted by Gasteiger charge is -2.18. The Bertz CT molecular complexity index is 690. The van der Waals surface area contributed by atoms with Crippen molar-refractivity contribution in [2.24, 2.45) is 0 Å². The minimum atomic E-state index is -0.285. The van der Waals surface area contributed by atoms with Crippen molar-refractivity contribution in [3.8, 4) is 0 Å². The molecular formula is C16H14BrClN2O. The van der Waals surface area contributed by atoms with Crippen LogP contribution in [0.4, 0.5) is 11.4 Å². The van der Waals surface area contributed by atoms with E-state index in [1.54, 1.807) is 6.07 Å². The van der Waals surface area contributed by atoms with Crippen molar-refractivity contribution in [3.63, 3.8) is 0 Å². The van der Waals surface area contributed by atoms with E-state index in [1.807, 2.05) is 36.4 Å². The number of hydrogen-bond donors (Lipinski definition) is 2. The van der Waals surface area contributed by atoms with Crippen LogP contribution >= 0.6 is 27.5 Å². The Morgan fingerprint density at radius 1 is 1.19 bits per heavy atom. The number of aryl methyl sites for hydroxylation is 1. The van der Waals surface area contributed by atoms with E-state index in [9.17, 15) is 4.79 Å². The molecule has 1 atom stereocenters. The Hall–Kier alpha value is -1.52. The van der Waals surface area contributed by atoms with Crippen LogP contribution < -0.4 is 10.6 Å². The summed E-state index contributed by atoms with van der Waals surface area (Å²) in [7, 11) is 0. The first-order valence-electron chi connectivity index (χ1n) is 6.74. The smallest absolute Gasteiger partial charge is 0.246 e. The lowest BCUT2D eigenvalue weighted by Crippen LogP contribution is -2.33. The van der Waals surface area contributed by atoms with Gasteiger partial charge in [0.1, 0.15) is 6.04 Å². The molecule has 108 valence electrons. The topological polar surface area (TPSA) is 41.1 Å². The first kappa shape index (κ1) is 14.4. The number of anilines is 2. The molecule has 3 nitrogen and oxygen atoms in total. The molecule has 1 amide bonds. The lowest BCUT2D eigenvalue weighted by molar-refractivity contribution is -0.116. The molecule has 1 unspecified atom stereocenters. The van der Waals surface area contributed by atoms with Gasteiger partial charge >= 0.3 is 0 Å². The maximum absolute atomic E-state index is 12.4. The van der Waals surface area contributed by atoms with E-state index >= 15 is 0 Å². The Kier molecular flexibility index (Phi) is 4.17. The third-order valence-electron chi connectivity index (χ3n) is 3.58. The van der Waals surface area contributed by atoms with Crippen LogP contribution in [0, 0.1) is 0 Å². The molecule has 1 aliphatic heterocycles. The van der Waals surface area contributed by atoms with Gasteiger partial charge in [0.2, 0.25) is 5.91 Å². The predicted octanol–water partition coefficient (Wildman–Crippen LogP) is 4.47. The molecule has 2 aromatic carbocycles. The van der Waals surface area contributed by atoms with Crippen molar-refractivity contribution in [2.45, 2.75) is 18.9 Å². The molecule has 0 bridgehead atoms. The van der Waals surface area contributed by atoms with Gasteiger partial charge < -0.3 is 10.6 Å². The molecule has 1 aliphatic rings. The number of carbonyl (C=O) groups excluding carboxylic acids is 1. The second-order valence-corrected chi connectivity index (χ2v) is 6.18. The molecule has 0 spiro atoms. The van der Waals surface area contributed by atoms with E-state index in [0.29, 0.717) is 5.02 Å². The molecule has 5 heteroatoms. The van der Waals surface area contributed by atoms with Crippen molar-refractivity contribution >= 4 is 44.8 Å². The monoisotopic (exact) mass is 364 g/mol. The molecule has 0 fully saturated rings. The molecule has 0 radical (unpaired) electrons. The van der Waals surface area contributed by atoms with Crippen LogP contribution in [0.3, 0.4) is 0 Å². The summed E-state index contributed by atoms with van der Waals surface area (Å²) in [6, 6.07) is 13.2. The Morgan fingerprint density at radius 3 is 2.86 bits per heavy atom. The molecule has 0 saturated carbocycles. The van der Waals surface area contributed by atoms with Crippen molar-refractivity contribution in [3.05, 3.63) is 57.5 Å². The van der Waals surface area contributed by atoms with Gasteiger partial charge in [0.25, 0.3) is 0 Å². The van der Waals surface area contributed by atoms with Crippen molar-refractivity contribution < 1.29 is 4.79 Å². The minimum absolute atomic E-state index is 0.0215. The lowest BCUT2D eigenvalue weighted by atomic mass is 10.1. The SMILES string of the molecule is O=C1Nc2ccccc2CCC1Nc1cccc(Cl)c1Br. The summed E-state index contributed by atoms with van der Waals surface area (Å²) >= 11 is 9.53. The molecule has 2 N–H and O–H groups in total. The summed E-state index contributed by atoms with van der Waals surface area (Å²) < 4.78 is 0.779. The van der Waals surface area contributed by atoms with Gasteiger partial charge in [-0.1, -0.05) is 35.9 Å². The van der Waals surface area contributed by atoms with E-state index in [4.69, 9.17) is 11.6 Å². The van der Waals surface area contributed by atoms with Gasteiger partial charge in [-0.3, -0.25) is 4.79 Å². The normalized spacial score (nSPS) is 17.6. The largest absolute Gasteiger partial charge is 0.373 e. The second kappa shape index (κ2) is 6.08. The van der Waals surface area contributed by atoms with Crippen molar-refractivity contribution in [2.75, 3.05) is 10.6 Å². The number of rotatable bonds is 2. The average Bonchev–Trinajstić information content (AvgIpc) is 2.63. The summed E-state index contributed by atoms with van der Waals surface area (Å²) in [6.45, 7) is 0. The number of carbonyl (C=O) groups is 1. The molecule has 21 heavy (non-hydrogen) atoms. The third kappa shape index (κ3) is 3.06. The molecule has 0 aliphatic carbocycles. The van der Waals surface area contributed by atoms with Crippen LogP contribution in [0.1, 0.15) is 12.0 Å². The maximum Gasteiger partial charge on any atom is 0.246 e. The molecule has 2 aromatic rings. The molecular weight excluding hydrogens is 352 g/mol. The van der Waals surface area contributed by atoms with Gasteiger partial charge in [0.05, 0.1) is 15.2 Å². The number of nitrogens with one attached hydrogen (secondary N) is 2. The zero-order valence-electron chi connectivity index (χ0n) is 11.2. The summed E-state index contributed by atoms with van der Waals surface area (Å²) in [6.07, 6.45) is 1.59.